The normalized spacial score (nSPS) is 11.1. The third-order valence-electron chi connectivity index (χ3n) is 4.77. The van der Waals surface area contributed by atoms with Crippen LogP contribution in [0.5, 0.6) is 5.75 Å². The molecule has 0 saturated carbocycles. The number of amides is 1. The first-order valence-corrected chi connectivity index (χ1v) is 13.1. The van der Waals surface area contributed by atoms with Crippen LogP contribution in [-0.2, 0) is 14.8 Å². The van der Waals surface area contributed by atoms with E-state index >= 15 is 0 Å². The standard InChI is InChI=1S/C25H28N2O4S2/c1-3-31-24-12-8-7-11-23(24)27(33(29,30)22-15-13-20(2)14-16-22)19-25(28)26-17-18-32-21-9-5-4-6-10-21/h4-16H,3,17-19H2,1-2H3,(H,26,28). The lowest BCUT2D eigenvalue weighted by atomic mass is 10.2. The van der Waals surface area contributed by atoms with Crippen LogP contribution in [-0.4, -0.2) is 39.8 Å². The van der Waals surface area contributed by atoms with E-state index in [1.54, 1.807) is 60.3 Å². The van der Waals surface area contributed by atoms with Crippen molar-refractivity contribution in [3.63, 3.8) is 0 Å². The zero-order valence-corrected chi connectivity index (χ0v) is 20.4. The number of nitrogens with zero attached hydrogens (tertiary/aromatic N) is 1. The molecule has 0 radical (unpaired) electrons. The van der Waals surface area contributed by atoms with Crippen molar-refractivity contribution in [2.75, 3.05) is 29.8 Å². The van der Waals surface area contributed by atoms with E-state index in [1.165, 1.54) is 0 Å². The Labute approximate surface area is 200 Å². The molecule has 0 aliphatic rings. The van der Waals surface area contributed by atoms with E-state index in [0.29, 0.717) is 30.3 Å². The van der Waals surface area contributed by atoms with Gasteiger partial charge in [-0.05, 0) is 50.2 Å². The molecule has 0 spiro atoms. The number of hydrogen-bond acceptors (Lipinski definition) is 5. The molecule has 0 aliphatic carbocycles. The number of carbonyl (C=O) groups excluding carboxylic acids is 1. The molecule has 1 N–H and O–H groups in total. The topological polar surface area (TPSA) is 75.7 Å². The van der Waals surface area contributed by atoms with Crippen molar-refractivity contribution >= 4 is 33.4 Å². The summed E-state index contributed by atoms with van der Waals surface area (Å²) in [5.41, 5.74) is 1.28. The minimum atomic E-state index is -3.99. The largest absolute Gasteiger partial charge is 0.492 e. The van der Waals surface area contributed by atoms with E-state index in [-0.39, 0.29) is 17.3 Å². The molecule has 0 bridgehead atoms. The summed E-state index contributed by atoms with van der Waals surface area (Å²) < 4.78 is 33.8. The first kappa shape index (κ1) is 24.7. The van der Waals surface area contributed by atoms with Gasteiger partial charge in [-0.2, -0.15) is 0 Å². The number of anilines is 1. The summed E-state index contributed by atoms with van der Waals surface area (Å²) in [4.78, 5) is 14.0. The quantitative estimate of drug-likeness (QED) is 0.320. The van der Waals surface area contributed by atoms with E-state index in [9.17, 15) is 13.2 Å². The molecule has 0 fully saturated rings. The van der Waals surface area contributed by atoms with Crippen molar-refractivity contribution in [3.8, 4) is 5.75 Å². The highest BCUT2D eigenvalue weighted by Gasteiger charge is 2.29. The first-order valence-electron chi connectivity index (χ1n) is 10.7. The summed E-state index contributed by atoms with van der Waals surface area (Å²) in [6, 6.07) is 23.3. The van der Waals surface area contributed by atoms with Gasteiger partial charge in [0.25, 0.3) is 10.0 Å². The number of thioether (sulfide) groups is 1. The van der Waals surface area contributed by atoms with Gasteiger partial charge in [0.2, 0.25) is 5.91 Å². The molecular weight excluding hydrogens is 456 g/mol. The lowest BCUT2D eigenvalue weighted by Crippen LogP contribution is -2.41. The molecule has 3 rings (SSSR count). The van der Waals surface area contributed by atoms with E-state index in [4.69, 9.17) is 4.74 Å². The van der Waals surface area contributed by atoms with Crippen LogP contribution in [0.2, 0.25) is 0 Å². The van der Waals surface area contributed by atoms with Gasteiger partial charge in [-0.15, -0.1) is 11.8 Å². The molecule has 8 heteroatoms. The number of benzene rings is 3. The third-order valence-corrected chi connectivity index (χ3v) is 7.55. The highest BCUT2D eigenvalue weighted by molar-refractivity contribution is 7.99. The molecule has 0 saturated heterocycles. The zero-order valence-electron chi connectivity index (χ0n) is 18.7. The second kappa shape index (κ2) is 11.8. The Kier molecular flexibility index (Phi) is 8.79. The molecule has 0 heterocycles. The van der Waals surface area contributed by atoms with Crippen molar-refractivity contribution in [2.24, 2.45) is 0 Å². The van der Waals surface area contributed by atoms with Gasteiger partial charge in [-0.1, -0.05) is 48.0 Å². The fourth-order valence-corrected chi connectivity index (χ4v) is 5.36. The maximum Gasteiger partial charge on any atom is 0.264 e. The Bertz CT molecular complexity index is 1150. The fourth-order valence-electron chi connectivity index (χ4n) is 3.14. The number of nitrogens with one attached hydrogen (secondary N) is 1. The molecule has 174 valence electrons. The number of hydrogen-bond donors (Lipinski definition) is 1. The molecule has 3 aromatic rings. The van der Waals surface area contributed by atoms with Crippen molar-refractivity contribution in [1.29, 1.82) is 0 Å². The Morgan fingerprint density at radius 2 is 1.64 bits per heavy atom. The number of sulfonamides is 1. The number of carbonyl (C=O) groups is 1. The van der Waals surface area contributed by atoms with Gasteiger partial charge in [0.15, 0.2) is 0 Å². The molecule has 1 amide bonds. The van der Waals surface area contributed by atoms with E-state index < -0.39 is 10.0 Å². The molecule has 3 aromatic carbocycles. The van der Waals surface area contributed by atoms with E-state index in [2.05, 4.69) is 5.32 Å². The van der Waals surface area contributed by atoms with E-state index in [0.717, 1.165) is 14.8 Å². The van der Waals surface area contributed by atoms with Crippen LogP contribution in [0.3, 0.4) is 0 Å². The van der Waals surface area contributed by atoms with Crippen molar-refractivity contribution in [1.82, 2.24) is 5.32 Å². The Morgan fingerprint density at radius 3 is 2.33 bits per heavy atom. The fraction of sp³-hybridized carbons (Fsp3) is 0.240. The predicted molar refractivity (Wildman–Crippen MR) is 133 cm³/mol. The van der Waals surface area contributed by atoms with Crippen LogP contribution in [0, 0.1) is 6.92 Å². The van der Waals surface area contributed by atoms with Crippen LogP contribution >= 0.6 is 11.8 Å². The number of rotatable bonds is 11. The zero-order chi connectivity index (χ0) is 23.7. The Balaban J connectivity index is 1.78. The number of para-hydroxylation sites is 2. The molecule has 0 unspecified atom stereocenters. The average Bonchev–Trinajstić information content (AvgIpc) is 2.82. The van der Waals surface area contributed by atoms with Gasteiger partial charge in [0.05, 0.1) is 17.2 Å². The van der Waals surface area contributed by atoms with Gasteiger partial charge in [0, 0.05) is 17.2 Å². The first-order chi connectivity index (χ1) is 15.9. The summed E-state index contributed by atoms with van der Waals surface area (Å²) in [5.74, 6) is 0.699. The minimum absolute atomic E-state index is 0.117. The van der Waals surface area contributed by atoms with Crippen molar-refractivity contribution in [3.05, 3.63) is 84.4 Å². The Hall–Kier alpha value is -2.97. The predicted octanol–water partition coefficient (Wildman–Crippen LogP) is 4.50. The maximum absolute atomic E-state index is 13.5. The maximum atomic E-state index is 13.5. The van der Waals surface area contributed by atoms with Gasteiger partial charge in [0.1, 0.15) is 12.3 Å². The highest BCUT2D eigenvalue weighted by atomic mass is 32.2. The van der Waals surface area contributed by atoms with Gasteiger partial charge in [-0.3, -0.25) is 9.10 Å². The Morgan fingerprint density at radius 1 is 0.970 bits per heavy atom. The van der Waals surface area contributed by atoms with Crippen LogP contribution in [0.15, 0.2) is 88.7 Å². The summed E-state index contributed by atoms with van der Waals surface area (Å²) in [5, 5.41) is 2.83. The monoisotopic (exact) mass is 484 g/mol. The van der Waals surface area contributed by atoms with Crippen LogP contribution < -0.4 is 14.4 Å². The highest BCUT2D eigenvalue weighted by Crippen LogP contribution is 2.32. The molecule has 0 aliphatic heterocycles. The van der Waals surface area contributed by atoms with Gasteiger partial charge >= 0.3 is 0 Å². The van der Waals surface area contributed by atoms with Crippen molar-refractivity contribution in [2.45, 2.75) is 23.6 Å². The molecule has 6 nitrogen and oxygen atoms in total. The molecule has 0 aromatic heterocycles. The van der Waals surface area contributed by atoms with Crippen molar-refractivity contribution < 1.29 is 17.9 Å². The lowest BCUT2D eigenvalue weighted by molar-refractivity contribution is -0.119. The number of aryl methyl sites for hydroxylation is 1. The molecular formula is C25H28N2O4S2. The second-order valence-corrected chi connectivity index (χ2v) is 10.3. The van der Waals surface area contributed by atoms with Gasteiger partial charge < -0.3 is 10.1 Å². The van der Waals surface area contributed by atoms with Gasteiger partial charge in [-0.25, -0.2) is 8.42 Å². The van der Waals surface area contributed by atoms with Crippen LogP contribution in [0.1, 0.15) is 12.5 Å². The second-order valence-electron chi connectivity index (χ2n) is 7.24. The van der Waals surface area contributed by atoms with Crippen LogP contribution in [0.4, 0.5) is 5.69 Å². The van der Waals surface area contributed by atoms with E-state index in [1.807, 2.05) is 44.2 Å². The third kappa shape index (κ3) is 6.76. The molecule has 0 atom stereocenters. The summed E-state index contributed by atoms with van der Waals surface area (Å²) in [6.07, 6.45) is 0. The molecule has 33 heavy (non-hydrogen) atoms. The SMILES string of the molecule is CCOc1ccccc1N(CC(=O)NCCSc1ccccc1)S(=O)(=O)c1ccc(C)cc1. The summed E-state index contributed by atoms with van der Waals surface area (Å²) in [6.45, 7) is 4.16. The summed E-state index contributed by atoms with van der Waals surface area (Å²) >= 11 is 1.62. The van der Waals surface area contributed by atoms with Crippen LogP contribution in [0.25, 0.3) is 0 Å². The average molecular weight is 485 g/mol. The summed E-state index contributed by atoms with van der Waals surface area (Å²) in [7, 11) is -3.99. The minimum Gasteiger partial charge on any atom is -0.492 e. The number of ether oxygens (including phenoxy) is 1. The smallest absolute Gasteiger partial charge is 0.264 e. The lowest BCUT2D eigenvalue weighted by Gasteiger charge is -2.26.